The maximum Gasteiger partial charge on any atom is 0.274 e. The van der Waals surface area contributed by atoms with Crippen molar-refractivity contribution in [3.8, 4) is 0 Å². The molecule has 142 valence electrons. The maximum absolute atomic E-state index is 12.9. The van der Waals surface area contributed by atoms with Crippen molar-refractivity contribution in [2.75, 3.05) is 16.8 Å². The standard InChI is InChI=1S/C23H24N4O/c1-3-17-9-4-6-12-19(17)26-23(28)20-15-22(25-16(2)24-20)27-14-8-11-18-10-5-7-13-21(18)27/h4-7,9-10,12-13,15H,3,8,11,14H2,1-2H3,(H,26,28). The van der Waals surface area contributed by atoms with E-state index in [4.69, 9.17) is 0 Å². The lowest BCUT2D eigenvalue weighted by Gasteiger charge is -2.30. The zero-order valence-electron chi connectivity index (χ0n) is 16.3. The number of fused-ring (bicyclic) bond motifs is 1. The Balaban J connectivity index is 1.66. The summed E-state index contributed by atoms with van der Waals surface area (Å²) in [6, 6.07) is 18.0. The Morgan fingerprint density at radius 3 is 2.75 bits per heavy atom. The van der Waals surface area contributed by atoms with Crippen LogP contribution in [0, 0.1) is 6.92 Å². The molecule has 1 aliphatic heterocycles. The van der Waals surface area contributed by atoms with Crippen molar-refractivity contribution in [2.24, 2.45) is 0 Å². The van der Waals surface area contributed by atoms with Crippen LogP contribution in [-0.2, 0) is 12.8 Å². The zero-order valence-corrected chi connectivity index (χ0v) is 16.3. The molecule has 0 aliphatic carbocycles. The highest BCUT2D eigenvalue weighted by molar-refractivity contribution is 6.03. The van der Waals surface area contributed by atoms with E-state index in [1.54, 1.807) is 6.07 Å². The molecule has 4 rings (SSSR count). The fourth-order valence-electron chi connectivity index (χ4n) is 3.72. The summed E-state index contributed by atoms with van der Waals surface area (Å²) in [5.74, 6) is 1.15. The molecule has 1 aromatic heterocycles. The van der Waals surface area contributed by atoms with E-state index in [0.717, 1.165) is 48.6 Å². The molecule has 1 aliphatic rings. The first kappa shape index (κ1) is 18.2. The van der Waals surface area contributed by atoms with Gasteiger partial charge in [0.25, 0.3) is 5.91 Å². The summed E-state index contributed by atoms with van der Waals surface area (Å²) < 4.78 is 0. The third-order valence-corrected chi connectivity index (χ3v) is 5.09. The Morgan fingerprint density at radius 1 is 1.11 bits per heavy atom. The molecule has 1 amide bonds. The summed E-state index contributed by atoms with van der Waals surface area (Å²) in [6.07, 6.45) is 2.98. The molecular formula is C23H24N4O. The van der Waals surface area contributed by atoms with Gasteiger partial charge in [0.2, 0.25) is 0 Å². The Bertz CT molecular complexity index is 1010. The van der Waals surface area contributed by atoms with Crippen molar-refractivity contribution >= 4 is 23.1 Å². The number of aromatic nitrogens is 2. The second-order valence-electron chi connectivity index (χ2n) is 7.01. The molecule has 0 radical (unpaired) electrons. The summed E-state index contributed by atoms with van der Waals surface area (Å²) in [5, 5.41) is 3.01. The van der Waals surface area contributed by atoms with Gasteiger partial charge in [0.05, 0.1) is 0 Å². The number of benzene rings is 2. The highest BCUT2D eigenvalue weighted by Crippen LogP contribution is 2.32. The van der Waals surface area contributed by atoms with E-state index in [2.05, 4.69) is 45.3 Å². The summed E-state index contributed by atoms with van der Waals surface area (Å²) in [4.78, 5) is 24.1. The van der Waals surface area contributed by atoms with Gasteiger partial charge < -0.3 is 10.2 Å². The maximum atomic E-state index is 12.9. The second-order valence-corrected chi connectivity index (χ2v) is 7.01. The van der Waals surface area contributed by atoms with Crippen molar-refractivity contribution in [3.63, 3.8) is 0 Å². The topological polar surface area (TPSA) is 58.1 Å². The number of rotatable bonds is 4. The van der Waals surface area contributed by atoms with E-state index in [1.807, 2.05) is 37.3 Å². The normalized spacial score (nSPS) is 13.1. The van der Waals surface area contributed by atoms with E-state index >= 15 is 0 Å². The van der Waals surface area contributed by atoms with Crippen LogP contribution < -0.4 is 10.2 Å². The van der Waals surface area contributed by atoms with Gasteiger partial charge >= 0.3 is 0 Å². The number of carbonyl (C=O) groups excluding carboxylic acids is 1. The number of nitrogens with zero attached hydrogens (tertiary/aromatic N) is 3. The van der Waals surface area contributed by atoms with Gasteiger partial charge in [-0.2, -0.15) is 0 Å². The summed E-state index contributed by atoms with van der Waals surface area (Å²) in [5.41, 5.74) is 4.79. The van der Waals surface area contributed by atoms with Crippen LogP contribution in [0.1, 0.15) is 40.8 Å². The number of anilines is 3. The van der Waals surface area contributed by atoms with Gasteiger partial charge in [-0.25, -0.2) is 9.97 Å². The molecule has 28 heavy (non-hydrogen) atoms. The predicted octanol–water partition coefficient (Wildman–Crippen LogP) is 4.68. The lowest BCUT2D eigenvalue weighted by molar-refractivity contribution is 0.102. The molecule has 2 aromatic carbocycles. The molecule has 0 saturated carbocycles. The smallest absolute Gasteiger partial charge is 0.274 e. The van der Waals surface area contributed by atoms with Crippen LogP contribution in [-0.4, -0.2) is 22.4 Å². The summed E-state index contributed by atoms with van der Waals surface area (Å²) in [7, 11) is 0. The van der Waals surface area contributed by atoms with Gasteiger partial charge in [-0.3, -0.25) is 4.79 Å². The lowest BCUT2D eigenvalue weighted by Crippen LogP contribution is -2.26. The Morgan fingerprint density at radius 2 is 1.89 bits per heavy atom. The molecule has 0 bridgehead atoms. The van der Waals surface area contributed by atoms with Gasteiger partial charge in [-0.15, -0.1) is 0 Å². The quantitative estimate of drug-likeness (QED) is 0.722. The Hall–Kier alpha value is -3.21. The molecule has 0 atom stereocenters. The molecule has 2 heterocycles. The van der Waals surface area contributed by atoms with Gasteiger partial charge in [0.1, 0.15) is 17.3 Å². The minimum atomic E-state index is -0.210. The molecule has 0 spiro atoms. The van der Waals surface area contributed by atoms with Crippen molar-refractivity contribution in [2.45, 2.75) is 33.1 Å². The first-order valence-corrected chi connectivity index (χ1v) is 9.76. The van der Waals surface area contributed by atoms with Crippen molar-refractivity contribution < 1.29 is 4.79 Å². The summed E-state index contributed by atoms with van der Waals surface area (Å²) >= 11 is 0. The number of carbonyl (C=O) groups is 1. The highest BCUT2D eigenvalue weighted by Gasteiger charge is 2.21. The monoisotopic (exact) mass is 372 g/mol. The average molecular weight is 372 g/mol. The molecule has 5 heteroatoms. The van der Waals surface area contributed by atoms with Crippen LogP contribution in [0.2, 0.25) is 0 Å². The van der Waals surface area contributed by atoms with Crippen LogP contribution in [0.4, 0.5) is 17.2 Å². The fraction of sp³-hybridized carbons (Fsp3) is 0.261. The van der Waals surface area contributed by atoms with Crippen LogP contribution >= 0.6 is 0 Å². The van der Waals surface area contributed by atoms with E-state index in [0.29, 0.717) is 11.5 Å². The molecule has 3 aromatic rings. The first-order valence-electron chi connectivity index (χ1n) is 9.76. The van der Waals surface area contributed by atoms with Crippen LogP contribution in [0.3, 0.4) is 0 Å². The van der Waals surface area contributed by atoms with Crippen LogP contribution in [0.15, 0.2) is 54.6 Å². The minimum Gasteiger partial charge on any atom is -0.326 e. The first-order chi connectivity index (χ1) is 13.7. The number of hydrogen-bond donors (Lipinski definition) is 1. The average Bonchev–Trinajstić information content (AvgIpc) is 2.73. The Labute approximate surface area is 165 Å². The number of aryl methyl sites for hydroxylation is 3. The minimum absolute atomic E-state index is 0.210. The van der Waals surface area contributed by atoms with Crippen LogP contribution in [0.5, 0.6) is 0 Å². The molecule has 0 fully saturated rings. The molecule has 5 nitrogen and oxygen atoms in total. The second kappa shape index (κ2) is 7.80. The third kappa shape index (κ3) is 3.60. The number of nitrogens with one attached hydrogen (secondary N) is 1. The molecule has 1 N–H and O–H groups in total. The van der Waals surface area contributed by atoms with E-state index in [1.165, 1.54) is 5.56 Å². The molecular weight excluding hydrogens is 348 g/mol. The van der Waals surface area contributed by atoms with E-state index < -0.39 is 0 Å². The highest BCUT2D eigenvalue weighted by atomic mass is 16.1. The van der Waals surface area contributed by atoms with Gasteiger partial charge in [0.15, 0.2) is 0 Å². The molecule has 0 saturated heterocycles. The van der Waals surface area contributed by atoms with E-state index in [9.17, 15) is 4.79 Å². The van der Waals surface area contributed by atoms with Gasteiger partial charge in [-0.05, 0) is 49.4 Å². The zero-order chi connectivity index (χ0) is 19.5. The third-order valence-electron chi connectivity index (χ3n) is 5.09. The fourth-order valence-corrected chi connectivity index (χ4v) is 3.72. The number of amides is 1. The number of hydrogen-bond acceptors (Lipinski definition) is 4. The Kier molecular flexibility index (Phi) is 5.06. The van der Waals surface area contributed by atoms with Crippen molar-refractivity contribution in [1.29, 1.82) is 0 Å². The largest absolute Gasteiger partial charge is 0.326 e. The van der Waals surface area contributed by atoms with Gasteiger partial charge in [-0.1, -0.05) is 43.3 Å². The predicted molar refractivity (Wildman–Crippen MR) is 112 cm³/mol. The molecule has 0 unspecified atom stereocenters. The van der Waals surface area contributed by atoms with Gasteiger partial charge in [0, 0.05) is 24.0 Å². The van der Waals surface area contributed by atoms with E-state index in [-0.39, 0.29) is 5.91 Å². The van der Waals surface area contributed by atoms with Crippen molar-refractivity contribution in [1.82, 2.24) is 9.97 Å². The van der Waals surface area contributed by atoms with Crippen LogP contribution in [0.25, 0.3) is 0 Å². The number of para-hydroxylation sites is 2. The lowest BCUT2D eigenvalue weighted by atomic mass is 10.0. The van der Waals surface area contributed by atoms with Crippen molar-refractivity contribution in [3.05, 3.63) is 77.2 Å². The SMILES string of the molecule is CCc1ccccc1NC(=O)c1cc(N2CCCc3ccccc32)nc(C)n1. The summed E-state index contributed by atoms with van der Waals surface area (Å²) in [6.45, 7) is 4.79.